The minimum atomic E-state index is 0. The van der Waals surface area contributed by atoms with Crippen LogP contribution in [0.15, 0.2) is 30.3 Å². The number of aryl methyl sites for hydroxylation is 1. The van der Waals surface area contributed by atoms with Crippen molar-refractivity contribution in [3.63, 3.8) is 0 Å². The summed E-state index contributed by atoms with van der Waals surface area (Å²) in [5, 5.41) is 1.22. The van der Waals surface area contributed by atoms with Crippen molar-refractivity contribution in [2.24, 2.45) is 0 Å². The highest BCUT2D eigenvalue weighted by atomic mass is 35.5. The van der Waals surface area contributed by atoms with Crippen LogP contribution in [-0.2, 0) is 0 Å². The van der Waals surface area contributed by atoms with Gasteiger partial charge in [0.2, 0.25) is 0 Å². The average molecular weight is 402 g/mol. The van der Waals surface area contributed by atoms with Gasteiger partial charge in [-0.05, 0) is 69.4 Å². The molecule has 0 fully saturated rings. The number of nitrogens with zero attached hydrogens (tertiary/aromatic N) is 2. The first kappa shape index (κ1) is 21.8. The predicted octanol–water partition coefficient (Wildman–Crippen LogP) is 5.62. The Balaban J connectivity index is 0.00000312. The van der Waals surface area contributed by atoms with Crippen molar-refractivity contribution in [1.82, 2.24) is 9.88 Å². The molecular weight excluding hydrogens is 379 g/mol. The van der Waals surface area contributed by atoms with Crippen LogP contribution >= 0.6 is 35.6 Å². The van der Waals surface area contributed by atoms with E-state index in [1.807, 2.05) is 43.3 Å². The number of ether oxygens (including phenoxy) is 1. The molecule has 0 spiro atoms. The summed E-state index contributed by atoms with van der Waals surface area (Å²) in [6.07, 6.45) is 4.83. The number of halogens is 3. The van der Waals surface area contributed by atoms with Crippen molar-refractivity contribution in [3.05, 3.63) is 57.3 Å². The first-order chi connectivity index (χ1) is 11.4. The molecule has 0 N–H and O–H groups in total. The van der Waals surface area contributed by atoms with Crippen molar-refractivity contribution in [2.45, 2.75) is 13.3 Å². The van der Waals surface area contributed by atoms with Crippen LogP contribution < -0.4 is 4.74 Å². The van der Waals surface area contributed by atoms with E-state index in [1.54, 1.807) is 6.07 Å². The normalized spacial score (nSPS) is 11.0. The van der Waals surface area contributed by atoms with Gasteiger partial charge in [0.25, 0.3) is 0 Å². The average Bonchev–Trinajstić information content (AvgIpc) is 2.50. The van der Waals surface area contributed by atoms with Crippen LogP contribution in [0.2, 0.25) is 10.0 Å². The van der Waals surface area contributed by atoms with E-state index in [1.165, 1.54) is 0 Å². The number of rotatable bonds is 7. The number of pyridine rings is 1. The van der Waals surface area contributed by atoms with Crippen LogP contribution in [0, 0.1) is 6.92 Å². The topological polar surface area (TPSA) is 25.4 Å². The van der Waals surface area contributed by atoms with Crippen molar-refractivity contribution in [3.8, 4) is 5.75 Å². The second-order valence-electron chi connectivity index (χ2n) is 5.88. The molecule has 0 aliphatic heterocycles. The van der Waals surface area contributed by atoms with E-state index in [0.29, 0.717) is 16.7 Å². The van der Waals surface area contributed by atoms with E-state index >= 15 is 0 Å². The van der Waals surface area contributed by atoms with Crippen LogP contribution in [0.5, 0.6) is 5.75 Å². The van der Waals surface area contributed by atoms with Crippen molar-refractivity contribution in [1.29, 1.82) is 0 Å². The molecule has 0 atom stereocenters. The van der Waals surface area contributed by atoms with Crippen molar-refractivity contribution in [2.75, 3.05) is 27.2 Å². The molecule has 0 bridgehead atoms. The van der Waals surface area contributed by atoms with Gasteiger partial charge in [-0.15, -0.1) is 12.4 Å². The molecule has 1 heterocycles. The predicted molar refractivity (Wildman–Crippen MR) is 110 cm³/mol. The van der Waals surface area contributed by atoms with E-state index in [4.69, 9.17) is 27.9 Å². The van der Waals surface area contributed by atoms with Gasteiger partial charge in [0.15, 0.2) is 0 Å². The Morgan fingerprint density at radius 3 is 2.40 bits per heavy atom. The third-order valence-electron chi connectivity index (χ3n) is 3.35. The summed E-state index contributed by atoms with van der Waals surface area (Å²) in [5.74, 6) is 0.781. The van der Waals surface area contributed by atoms with Gasteiger partial charge in [0.05, 0.1) is 6.61 Å². The molecule has 25 heavy (non-hydrogen) atoms. The van der Waals surface area contributed by atoms with E-state index in [0.717, 1.165) is 35.7 Å². The van der Waals surface area contributed by atoms with Gasteiger partial charge in [0.1, 0.15) is 11.4 Å². The SMILES string of the molecule is Cc1ccc(OCCCN(C)C)c(/C=C/c2cc(Cl)cc(Cl)c2)n1.Cl. The quantitative estimate of drug-likeness (QED) is 0.563. The van der Waals surface area contributed by atoms with Gasteiger partial charge in [-0.3, -0.25) is 0 Å². The first-order valence-corrected chi connectivity index (χ1v) is 8.59. The lowest BCUT2D eigenvalue weighted by atomic mass is 10.2. The molecule has 2 aromatic rings. The maximum atomic E-state index is 6.04. The molecular formula is C19H23Cl3N2O. The zero-order chi connectivity index (χ0) is 17.5. The fourth-order valence-electron chi connectivity index (χ4n) is 2.21. The van der Waals surface area contributed by atoms with Crippen LogP contribution in [-0.4, -0.2) is 37.1 Å². The Kier molecular flexibility index (Phi) is 9.30. The Labute approximate surface area is 166 Å². The highest BCUT2D eigenvalue weighted by molar-refractivity contribution is 6.34. The van der Waals surface area contributed by atoms with Crippen LogP contribution in [0.3, 0.4) is 0 Å². The van der Waals surface area contributed by atoms with Gasteiger partial charge >= 0.3 is 0 Å². The van der Waals surface area contributed by atoms with Gasteiger partial charge in [0, 0.05) is 22.3 Å². The number of aromatic nitrogens is 1. The summed E-state index contributed by atoms with van der Waals surface area (Å²) in [6.45, 7) is 3.61. The van der Waals surface area contributed by atoms with Crippen molar-refractivity contribution >= 4 is 47.8 Å². The van der Waals surface area contributed by atoms with Gasteiger partial charge in [-0.2, -0.15) is 0 Å². The van der Waals surface area contributed by atoms with E-state index in [2.05, 4.69) is 24.0 Å². The third kappa shape index (κ3) is 7.66. The summed E-state index contributed by atoms with van der Waals surface area (Å²) >= 11 is 12.1. The molecule has 1 aromatic heterocycles. The standard InChI is InChI=1S/C19H22Cl2N2O.ClH/c1-14-5-8-19(24-10-4-9-23(2)3)18(22-14)7-6-15-11-16(20)13-17(21)12-15;/h5-8,11-13H,4,9-10H2,1-3H3;1H/b7-6+;. The number of benzene rings is 1. The minimum absolute atomic E-state index is 0. The summed E-state index contributed by atoms with van der Waals surface area (Å²) < 4.78 is 5.89. The molecule has 3 nitrogen and oxygen atoms in total. The lowest BCUT2D eigenvalue weighted by Crippen LogP contribution is -2.15. The fraction of sp³-hybridized carbons (Fsp3) is 0.316. The monoisotopic (exact) mass is 400 g/mol. The molecule has 1 aromatic carbocycles. The van der Waals surface area contributed by atoms with Gasteiger partial charge in [-0.25, -0.2) is 4.98 Å². The van der Waals surface area contributed by atoms with Crippen LogP contribution in [0.25, 0.3) is 12.2 Å². The molecule has 0 amide bonds. The largest absolute Gasteiger partial charge is 0.491 e. The lowest BCUT2D eigenvalue weighted by Gasteiger charge is -2.12. The summed E-state index contributed by atoms with van der Waals surface area (Å²) in [6, 6.07) is 9.34. The van der Waals surface area contributed by atoms with E-state index in [9.17, 15) is 0 Å². The molecule has 0 saturated heterocycles. The smallest absolute Gasteiger partial charge is 0.144 e. The molecule has 0 aliphatic carbocycles. The molecule has 0 unspecified atom stereocenters. The Morgan fingerprint density at radius 2 is 1.76 bits per heavy atom. The van der Waals surface area contributed by atoms with Crippen LogP contribution in [0.1, 0.15) is 23.4 Å². The highest BCUT2D eigenvalue weighted by Crippen LogP contribution is 2.23. The van der Waals surface area contributed by atoms with Crippen molar-refractivity contribution < 1.29 is 4.74 Å². The second kappa shape index (κ2) is 10.7. The second-order valence-corrected chi connectivity index (χ2v) is 6.75. The fourth-order valence-corrected chi connectivity index (χ4v) is 2.76. The van der Waals surface area contributed by atoms with Gasteiger partial charge < -0.3 is 9.64 Å². The minimum Gasteiger partial charge on any atom is -0.491 e. The molecule has 0 aliphatic rings. The maximum absolute atomic E-state index is 6.04. The number of hydrogen-bond donors (Lipinski definition) is 0. The molecule has 0 radical (unpaired) electrons. The molecule has 2 rings (SSSR count). The maximum Gasteiger partial charge on any atom is 0.144 e. The number of hydrogen-bond acceptors (Lipinski definition) is 3. The lowest BCUT2D eigenvalue weighted by molar-refractivity contribution is 0.280. The summed E-state index contributed by atoms with van der Waals surface area (Å²) in [7, 11) is 4.11. The Hall–Kier alpha value is -1.26. The third-order valence-corrected chi connectivity index (χ3v) is 3.79. The molecule has 6 heteroatoms. The zero-order valence-corrected chi connectivity index (χ0v) is 17.0. The van der Waals surface area contributed by atoms with E-state index in [-0.39, 0.29) is 12.4 Å². The Bertz CT molecular complexity index is 698. The van der Waals surface area contributed by atoms with Crippen LogP contribution in [0.4, 0.5) is 0 Å². The molecule has 0 saturated carbocycles. The zero-order valence-electron chi connectivity index (χ0n) is 14.6. The van der Waals surface area contributed by atoms with E-state index < -0.39 is 0 Å². The summed E-state index contributed by atoms with van der Waals surface area (Å²) in [4.78, 5) is 6.70. The Morgan fingerprint density at radius 1 is 1.08 bits per heavy atom. The first-order valence-electron chi connectivity index (χ1n) is 7.83. The summed E-state index contributed by atoms with van der Waals surface area (Å²) in [5.41, 5.74) is 2.67. The van der Waals surface area contributed by atoms with Gasteiger partial charge in [-0.1, -0.05) is 29.3 Å². The molecule has 136 valence electrons. The highest BCUT2D eigenvalue weighted by Gasteiger charge is 2.04.